The van der Waals surface area contributed by atoms with E-state index in [1.165, 1.54) is 19.3 Å². The minimum absolute atomic E-state index is 0.0184. The maximum Gasteiger partial charge on any atom is 0.238 e. The molecular formula is C16H26N2O2. The second-order valence-electron chi connectivity index (χ2n) is 5.22. The van der Waals surface area contributed by atoms with Crippen LogP contribution in [0.4, 0.5) is 5.69 Å². The molecular weight excluding hydrogens is 252 g/mol. The van der Waals surface area contributed by atoms with E-state index in [2.05, 4.69) is 12.2 Å². The van der Waals surface area contributed by atoms with E-state index >= 15 is 0 Å². The summed E-state index contributed by atoms with van der Waals surface area (Å²) >= 11 is 0. The summed E-state index contributed by atoms with van der Waals surface area (Å²) in [4.78, 5) is 13.5. The van der Waals surface area contributed by atoms with Crippen LogP contribution in [0, 0.1) is 0 Å². The Morgan fingerprint density at radius 2 is 2.05 bits per heavy atom. The van der Waals surface area contributed by atoms with Crippen molar-refractivity contribution in [2.45, 2.75) is 32.6 Å². The predicted molar refractivity (Wildman–Crippen MR) is 83.3 cm³/mol. The van der Waals surface area contributed by atoms with Gasteiger partial charge in [0.1, 0.15) is 5.75 Å². The van der Waals surface area contributed by atoms with E-state index in [-0.39, 0.29) is 5.91 Å². The first-order valence-electron chi connectivity index (χ1n) is 7.29. The molecule has 4 nitrogen and oxygen atoms in total. The van der Waals surface area contributed by atoms with Crippen molar-refractivity contribution >= 4 is 11.6 Å². The number of benzene rings is 1. The number of anilines is 1. The molecule has 4 heteroatoms. The highest BCUT2D eigenvalue weighted by Gasteiger charge is 2.04. The summed E-state index contributed by atoms with van der Waals surface area (Å²) < 4.78 is 5.69. The number of rotatable bonds is 9. The number of carbonyl (C=O) groups excluding carboxylic acids is 1. The number of ether oxygens (including phenoxy) is 1. The first-order chi connectivity index (χ1) is 9.61. The van der Waals surface area contributed by atoms with E-state index in [1.54, 1.807) is 0 Å². The van der Waals surface area contributed by atoms with Gasteiger partial charge in [0.15, 0.2) is 0 Å². The first-order valence-corrected chi connectivity index (χ1v) is 7.29. The molecule has 0 aliphatic carbocycles. The summed E-state index contributed by atoms with van der Waals surface area (Å²) in [5.74, 6) is 0.791. The van der Waals surface area contributed by atoms with Gasteiger partial charge in [-0.25, -0.2) is 0 Å². The highest BCUT2D eigenvalue weighted by Crippen LogP contribution is 2.17. The Bertz CT molecular complexity index is 405. The molecule has 0 bridgehead atoms. The van der Waals surface area contributed by atoms with Gasteiger partial charge in [-0.1, -0.05) is 32.3 Å². The molecule has 1 aromatic carbocycles. The molecule has 20 heavy (non-hydrogen) atoms. The predicted octanol–water partition coefficient (Wildman–Crippen LogP) is 3.15. The van der Waals surface area contributed by atoms with Crippen molar-refractivity contribution in [2.75, 3.05) is 32.6 Å². The maximum absolute atomic E-state index is 11.7. The Morgan fingerprint density at radius 1 is 1.25 bits per heavy atom. The third kappa shape index (κ3) is 7.14. The fourth-order valence-electron chi connectivity index (χ4n) is 1.87. The highest BCUT2D eigenvalue weighted by molar-refractivity contribution is 5.92. The molecule has 1 N–H and O–H groups in total. The van der Waals surface area contributed by atoms with Crippen LogP contribution in [-0.4, -0.2) is 38.1 Å². The number of nitrogens with zero attached hydrogens (tertiary/aromatic N) is 1. The fraction of sp³-hybridized carbons (Fsp3) is 0.562. The van der Waals surface area contributed by atoms with Crippen molar-refractivity contribution < 1.29 is 9.53 Å². The zero-order valence-corrected chi connectivity index (χ0v) is 12.8. The number of hydrogen-bond donors (Lipinski definition) is 1. The lowest BCUT2D eigenvalue weighted by molar-refractivity contribution is -0.116. The van der Waals surface area contributed by atoms with Gasteiger partial charge in [-0.05, 0) is 32.6 Å². The molecule has 112 valence electrons. The van der Waals surface area contributed by atoms with Crippen molar-refractivity contribution in [2.24, 2.45) is 0 Å². The number of amides is 1. The van der Waals surface area contributed by atoms with Gasteiger partial charge in [0.25, 0.3) is 0 Å². The Kier molecular flexibility index (Phi) is 7.73. The van der Waals surface area contributed by atoms with Crippen LogP contribution in [0.2, 0.25) is 0 Å². The molecule has 0 saturated carbocycles. The van der Waals surface area contributed by atoms with Crippen LogP contribution < -0.4 is 10.1 Å². The van der Waals surface area contributed by atoms with Crippen molar-refractivity contribution in [3.8, 4) is 5.75 Å². The molecule has 0 aliphatic rings. The average Bonchev–Trinajstić information content (AvgIpc) is 2.38. The molecule has 0 heterocycles. The third-order valence-electron chi connectivity index (χ3n) is 2.84. The third-order valence-corrected chi connectivity index (χ3v) is 2.84. The molecule has 0 radical (unpaired) electrons. The monoisotopic (exact) mass is 278 g/mol. The quantitative estimate of drug-likeness (QED) is 0.706. The standard InChI is InChI=1S/C16H26N2O2/c1-4-5-6-7-11-20-15-10-8-9-14(12-15)17-16(19)13-18(2)3/h8-10,12H,4-7,11,13H2,1-3H3,(H,17,19). The molecule has 0 saturated heterocycles. The second kappa shape index (κ2) is 9.37. The van der Waals surface area contributed by atoms with E-state index in [0.29, 0.717) is 6.54 Å². The topological polar surface area (TPSA) is 41.6 Å². The van der Waals surface area contributed by atoms with Crippen LogP contribution in [0.1, 0.15) is 32.6 Å². The number of likely N-dealkylation sites (N-methyl/N-ethyl adjacent to an activating group) is 1. The van der Waals surface area contributed by atoms with Gasteiger partial charge in [0.2, 0.25) is 5.91 Å². The zero-order valence-electron chi connectivity index (χ0n) is 12.8. The lowest BCUT2D eigenvalue weighted by atomic mass is 10.2. The first kappa shape index (κ1) is 16.5. The number of nitrogens with one attached hydrogen (secondary N) is 1. The summed E-state index contributed by atoms with van der Waals surface area (Å²) in [5, 5.41) is 2.86. The molecule has 0 atom stereocenters. The molecule has 0 unspecified atom stereocenters. The van der Waals surface area contributed by atoms with E-state index in [0.717, 1.165) is 24.5 Å². The smallest absolute Gasteiger partial charge is 0.238 e. The van der Waals surface area contributed by atoms with Crippen LogP contribution in [0.5, 0.6) is 5.75 Å². The Morgan fingerprint density at radius 3 is 2.75 bits per heavy atom. The molecule has 1 amide bonds. The van der Waals surface area contributed by atoms with Gasteiger partial charge in [-0.15, -0.1) is 0 Å². The van der Waals surface area contributed by atoms with Crippen LogP contribution in [0.3, 0.4) is 0 Å². The summed E-state index contributed by atoms with van der Waals surface area (Å²) in [6.07, 6.45) is 4.76. The molecule has 0 fully saturated rings. The fourth-order valence-corrected chi connectivity index (χ4v) is 1.87. The van der Waals surface area contributed by atoms with Gasteiger partial charge in [0.05, 0.1) is 13.2 Å². The largest absolute Gasteiger partial charge is 0.494 e. The lowest BCUT2D eigenvalue weighted by Gasteiger charge is -2.11. The average molecular weight is 278 g/mol. The van der Waals surface area contributed by atoms with Crippen molar-refractivity contribution in [1.82, 2.24) is 4.90 Å². The number of unbranched alkanes of at least 4 members (excludes halogenated alkanes) is 3. The van der Waals surface area contributed by atoms with Gasteiger partial charge >= 0.3 is 0 Å². The Hall–Kier alpha value is -1.55. The van der Waals surface area contributed by atoms with Crippen LogP contribution in [-0.2, 0) is 4.79 Å². The molecule has 1 rings (SSSR count). The Balaban J connectivity index is 2.39. The van der Waals surface area contributed by atoms with Gasteiger partial charge < -0.3 is 15.0 Å². The van der Waals surface area contributed by atoms with Crippen LogP contribution in [0.25, 0.3) is 0 Å². The number of hydrogen-bond acceptors (Lipinski definition) is 3. The number of carbonyl (C=O) groups is 1. The summed E-state index contributed by atoms with van der Waals surface area (Å²) in [7, 11) is 3.74. The minimum Gasteiger partial charge on any atom is -0.494 e. The van der Waals surface area contributed by atoms with Gasteiger partial charge in [-0.3, -0.25) is 4.79 Å². The highest BCUT2D eigenvalue weighted by atomic mass is 16.5. The Labute approximate surface area is 122 Å². The summed E-state index contributed by atoms with van der Waals surface area (Å²) in [6.45, 7) is 3.30. The van der Waals surface area contributed by atoms with Crippen molar-refractivity contribution in [3.63, 3.8) is 0 Å². The van der Waals surface area contributed by atoms with Crippen LogP contribution in [0.15, 0.2) is 24.3 Å². The van der Waals surface area contributed by atoms with E-state index < -0.39 is 0 Å². The van der Waals surface area contributed by atoms with Crippen LogP contribution >= 0.6 is 0 Å². The summed E-state index contributed by atoms with van der Waals surface area (Å²) in [6, 6.07) is 7.55. The molecule has 0 spiro atoms. The second-order valence-corrected chi connectivity index (χ2v) is 5.22. The van der Waals surface area contributed by atoms with Crippen molar-refractivity contribution in [3.05, 3.63) is 24.3 Å². The molecule has 0 aliphatic heterocycles. The maximum atomic E-state index is 11.7. The van der Waals surface area contributed by atoms with E-state index in [9.17, 15) is 4.79 Å². The normalized spacial score (nSPS) is 10.6. The molecule has 0 aromatic heterocycles. The molecule has 1 aromatic rings. The minimum atomic E-state index is -0.0184. The SMILES string of the molecule is CCCCCCOc1cccc(NC(=O)CN(C)C)c1. The van der Waals surface area contributed by atoms with Gasteiger partial charge in [0, 0.05) is 11.8 Å². The van der Waals surface area contributed by atoms with Gasteiger partial charge in [-0.2, -0.15) is 0 Å². The zero-order chi connectivity index (χ0) is 14.8. The van der Waals surface area contributed by atoms with E-state index in [4.69, 9.17) is 4.74 Å². The lowest BCUT2D eigenvalue weighted by Crippen LogP contribution is -2.27. The van der Waals surface area contributed by atoms with E-state index in [1.807, 2.05) is 43.3 Å². The van der Waals surface area contributed by atoms with Crippen molar-refractivity contribution in [1.29, 1.82) is 0 Å². The summed E-state index contributed by atoms with van der Waals surface area (Å²) in [5.41, 5.74) is 0.780.